The van der Waals surface area contributed by atoms with Crippen molar-refractivity contribution in [3.05, 3.63) is 24.0 Å². The third-order valence-electron chi connectivity index (χ3n) is 3.17. The number of rotatable bonds is 2. The minimum atomic E-state index is 0.608. The molecule has 3 rings (SSSR count). The summed E-state index contributed by atoms with van der Waals surface area (Å²) in [6.07, 6.45) is 1.25. The van der Waals surface area contributed by atoms with Crippen LogP contribution in [0.4, 0.5) is 5.69 Å². The highest BCUT2D eigenvalue weighted by molar-refractivity contribution is 8.00. The van der Waals surface area contributed by atoms with E-state index in [9.17, 15) is 0 Å². The van der Waals surface area contributed by atoms with Crippen molar-refractivity contribution >= 4 is 28.5 Å². The first-order chi connectivity index (χ1) is 8.20. The van der Waals surface area contributed by atoms with E-state index in [1.807, 2.05) is 18.7 Å². The Labute approximate surface area is 105 Å². The second-order valence-corrected chi connectivity index (χ2v) is 6.25. The maximum atomic E-state index is 4.41. The van der Waals surface area contributed by atoms with Gasteiger partial charge in [0.15, 0.2) is 0 Å². The molecule has 1 fully saturated rings. The van der Waals surface area contributed by atoms with Crippen LogP contribution in [0, 0.1) is 6.92 Å². The summed E-state index contributed by atoms with van der Waals surface area (Å²) in [6, 6.07) is 6.96. The number of thioether (sulfide) groups is 1. The van der Waals surface area contributed by atoms with E-state index in [4.69, 9.17) is 0 Å². The van der Waals surface area contributed by atoms with E-state index in [-0.39, 0.29) is 0 Å². The maximum absolute atomic E-state index is 4.41. The highest BCUT2D eigenvalue weighted by Crippen LogP contribution is 2.28. The molecule has 2 atom stereocenters. The topological polar surface area (TPSA) is 40.7 Å². The van der Waals surface area contributed by atoms with E-state index >= 15 is 0 Å². The summed E-state index contributed by atoms with van der Waals surface area (Å²) < 4.78 is 0. The van der Waals surface area contributed by atoms with Crippen LogP contribution in [0.15, 0.2) is 18.2 Å². The van der Waals surface area contributed by atoms with Crippen molar-refractivity contribution in [1.29, 1.82) is 0 Å². The average molecular weight is 247 g/mol. The fourth-order valence-electron chi connectivity index (χ4n) is 2.38. The van der Waals surface area contributed by atoms with Crippen molar-refractivity contribution in [3.63, 3.8) is 0 Å². The van der Waals surface area contributed by atoms with Crippen LogP contribution < -0.4 is 5.32 Å². The Bertz CT molecular complexity index is 534. The number of hydrogen-bond acceptors (Lipinski definition) is 3. The van der Waals surface area contributed by atoms with Crippen molar-refractivity contribution in [1.82, 2.24) is 9.97 Å². The molecular formula is C13H17N3S. The monoisotopic (exact) mass is 247 g/mol. The Morgan fingerprint density at radius 3 is 3.12 bits per heavy atom. The number of hydrogen-bond donors (Lipinski definition) is 2. The molecule has 0 aliphatic carbocycles. The van der Waals surface area contributed by atoms with Gasteiger partial charge in [0.05, 0.1) is 11.0 Å². The molecule has 90 valence electrons. The fraction of sp³-hybridized carbons (Fsp3) is 0.462. The van der Waals surface area contributed by atoms with E-state index in [1.54, 1.807) is 0 Å². The molecule has 4 heteroatoms. The SMILES string of the molecule is Cc1nc2ccc(NC3CSC(C)C3)cc2[nH]1. The van der Waals surface area contributed by atoms with Crippen molar-refractivity contribution in [2.75, 3.05) is 11.1 Å². The smallest absolute Gasteiger partial charge is 0.104 e. The third-order valence-corrected chi connectivity index (χ3v) is 4.53. The van der Waals surface area contributed by atoms with Crippen LogP contribution in [0.5, 0.6) is 0 Å². The first-order valence-electron chi connectivity index (χ1n) is 6.05. The van der Waals surface area contributed by atoms with Crippen molar-refractivity contribution in [2.24, 2.45) is 0 Å². The molecule has 0 bridgehead atoms. The van der Waals surface area contributed by atoms with Crippen LogP contribution in [0.1, 0.15) is 19.2 Å². The van der Waals surface area contributed by atoms with Gasteiger partial charge >= 0.3 is 0 Å². The van der Waals surface area contributed by atoms with Gasteiger partial charge in [0.25, 0.3) is 0 Å². The fourth-order valence-corrected chi connectivity index (χ4v) is 3.53. The van der Waals surface area contributed by atoms with Crippen LogP contribution in [0.3, 0.4) is 0 Å². The second kappa shape index (κ2) is 4.26. The molecule has 1 aromatic carbocycles. The van der Waals surface area contributed by atoms with Gasteiger partial charge in [-0.25, -0.2) is 4.98 Å². The van der Waals surface area contributed by atoms with Gasteiger partial charge in [0.1, 0.15) is 5.82 Å². The largest absolute Gasteiger partial charge is 0.381 e. The van der Waals surface area contributed by atoms with Crippen molar-refractivity contribution in [3.8, 4) is 0 Å². The zero-order chi connectivity index (χ0) is 11.8. The Morgan fingerprint density at radius 2 is 2.35 bits per heavy atom. The zero-order valence-corrected chi connectivity index (χ0v) is 11.0. The van der Waals surface area contributed by atoms with Gasteiger partial charge in [0, 0.05) is 22.7 Å². The van der Waals surface area contributed by atoms with Crippen molar-refractivity contribution in [2.45, 2.75) is 31.6 Å². The minimum Gasteiger partial charge on any atom is -0.381 e. The molecule has 1 aliphatic heterocycles. The number of imidazole rings is 1. The summed E-state index contributed by atoms with van der Waals surface area (Å²) in [5.74, 6) is 2.18. The van der Waals surface area contributed by atoms with Gasteiger partial charge in [-0.1, -0.05) is 6.92 Å². The Morgan fingerprint density at radius 1 is 1.47 bits per heavy atom. The quantitative estimate of drug-likeness (QED) is 0.856. The standard InChI is InChI=1S/C13H17N3S/c1-8-5-11(7-17-8)16-10-3-4-12-13(6-10)15-9(2)14-12/h3-4,6,8,11,16H,5,7H2,1-2H3,(H,14,15). The van der Waals surface area contributed by atoms with Crippen LogP contribution in [-0.2, 0) is 0 Å². The van der Waals surface area contributed by atoms with Gasteiger partial charge in [-0.05, 0) is 31.5 Å². The Balaban J connectivity index is 1.80. The first-order valence-corrected chi connectivity index (χ1v) is 7.10. The molecule has 2 N–H and O–H groups in total. The van der Waals surface area contributed by atoms with Crippen LogP contribution in [0.25, 0.3) is 11.0 Å². The third kappa shape index (κ3) is 2.27. The summed E-state index contributed by atoms with van der Waals surface area (Å²) in [4.78, 5) is 7.69. The molecule has 0 amide bonds. The lowest BCUT2D eigenvalue weighted by Gasteiger charge is -2.12. The number of aryl methyl sites for hydroxylation is 1. The first kappa shape index (κ1) is 11.0. The number of H-pyrrole nitrogens is 1. The van der Waals surface area contributed by atoms with Crippen LogP contribution in [-0.4, -0.2) is 27.0 Å². The molecule has 1 aliphatic rings. The number of nitrogens with one attached hydrogen (secondary N) is 2. The van der Waals surface area contributed by atoms with Crippen LogP contribution in [0.2, 0.25) is 0 Å². The Kier molecular flexibility index (Phi) is 2.74. The normalized spacial score (nSPS) is 24.4. The van der Waals surface area contributed by atoms with E-state index < -0.39 is 0 Å². The van der Waals surface area contributed by atoms with E-state index in [0.717, 1.165) is 22.1 Å². The molecule has 3 nitrogen and oxygen atoms in total. The van der Waals surface area contributed by atoms with Gasteiger partial charge in [-0.15, -0.1) is 0 Å². The predicted molar refractivity (Wildman–Crippen MR) is 74.8 cm³/mol. The number of fused-ring (bicyclic) bond motifs is 1. The maximum Gasteiger partial charge on any atom is 0.104 e. The number of aromatic amines is 1. The van der Waals surface area contributed by atoms with Gasteiger partial charge in [0.2, 0.25) is 0 Å². The molecule has 0 saturated carbocycles. The van der Waals surface area contributed by atoms with Gasteiger partial charge in [-0.2, -0.15) is 11.8 Å². The lowest BCUT2D eigenvalue weighted by atomic mass is 10.2. The number of benzene rings is 1. The number of aromatic nitrogens is 2. The Hall–Kier alpha value is -1.16. The van der Waals surface area contributed by atoms with Crippen molar-refractivity contribution < 1.29 is 0 Å². The molecular weight excluding hydrogens is 230 g/mol. The average Bonchev–Trinajstić information content (AvgIpc) is 2.83. The molecule has 2 heterocycles. The van der Waals surface area contributed by atoms with Gasteiger partial charge in [-0.3, -0.25) is 0 Å². The molecule has 0 radical (unpaired) electrons. The molecule has 1 saturated heterocycles. The number of anilines is 1. The summed E-state index contributed by atoms with van der Waals surface area (Å²) in [6.45, 7) is 4.29. The summed E-state index contributed by atoms with van der Waals surface area (Å²) in [7, 11) is 0. The predicted octanol–water partition coefficient (Wildman–Crippen LogP) is 3.18. The minimum absolute atomic E-state index is 0.608. The van der Waals surface area contributed by atoms with Crippen LogP contribution >= 0.6 is 11.8 Å². The van der Waals surface area contributed by atoms with E-state index in [0.29, 0.717) is 6.04 Å². The van der Waals surface area contributed by atoms with Gasteiger partial charge < -0.3 is 10.3 Å². The summed E-state index contributed by atoms with van der Waals surface area (Å²) >= 11 is 2.05. The second-order valence-electron chi connectivity index (χ2n) is 4.78. The van der Waals surface area contributed by atoms with E-state index in [2.05, 4.69) is 40.4 Å². The highest BCUT2D eigenvalue weighted by Gasteiger charge is 2.21. The molecule has 2 unspecified atom stereocenters. The molecule has 17 heavy (non-hydrogen) atoms. The molecule has 1 aromatic heterocycles. The molecule has 0 spiro atoms. The lowest BCUT2D eigenvalue weighted by molar-refractivity contribution is 0.747. The number of nitrogens with zero attached hydrogens (tertiary/aromatic N) is 1. The lowest BCUT2D eigenvalue weighted by Crippen LogP contribution is -2.18. The summed E-state index contributed by atoms with van der Waals surface area (Å²) in [5.41, 5.74) is 3.36. The summed E-state index contributed by atoms with van der Waals surface area (Å²) in [5, 5.41) is 4.39. The molecule has 2 aromatic rings. The van der Waals surface area contributed by atoms with E-state index in [1.165, 1.54) is 17.9 Å². The highest BCUT2D eigenvalue weighted by atomic mass is 32.2. The zero-order valence-electron chi connectivity index (χ0n) is 10.2.